The summed E-state index contributed by atoms with van der Waals surface area (Å²) in [4.78, 5) is 29.5. The van der Waals surface area contributed by atoms with Crippen LogP contribution in [0.3, 0.4) is 0 Å². The Hall–Kier alpha value is -2.22. The smallest absolute Gasteiger partial charge is 0.480 e. The number of nitrogens with zero attached hydrogens (tertiary/aromatic N) is 2. The van der Waals surface area contributed by atoms with E-state index in [1.165, 1.54) is 0 Å². The van der Waals surface area contributed by atoms with Gasteiger partial charge in [-0.3, -0.25) is 14.6 Å². The summed E-state index contributed by atoms with van der Waals surface area (Å²) in [7, 11) is 0. The third kappa shape index (κ3) is 6.40. The lowest BCUT2D eigenvalue weighted by Crippen LogP contribution is -2.44. The van der Waals surface area contributed by atoms with E-state index in [2.05, 4.69) is 12.6 Å². The van der Waals surface area contributed by atoms with Crippen LogP contribution in [0.4, 0.5) is 4.79 Å². The van der Waals surface area contributed by atoms with E-state index in [9.17, 15) is 14.7 Å². The van der Waals surface area contributed by atoms with Crippen LogP contribution in [-0.2, 0) is 22.6 Å². The molecule has 172 valence electrons. The molecule has 1 heterocycles. The zero-order valence-corrected chi connectivity index (χ0v) is 20.1. The Bertz CT molecular complexity index is 968. The van der Waals surface area contributed by atoms with Crippen LogP contribution >= 0.6 is 24.2 Å². The monoisotopic (exact) mass is 477 g/mol. The van der Waals surface area contributed by atoms with E-state index >= 15 is 0 Å². The van der Waals surface area contributed by atoms with Crippen LogP contribution in [0.1, 0.15) is 39.7 Å². The standard InChI is InChI=1S/C24H29ClN2O4S/c1-24(2,3)31-23(30)27(13-16-8-10-19(32)11-9-16)18-12-21(22(28)29)26(15-18)14-17-6-4-5-7-20(17)25/h4-11,18,21,32H,12-15H2,1-3H3,(H,28,29)/p+1/t18-,21-/m0/s1. The van der Waals surface area contributed by atoms with E-state index in [4.69, 9.17) is 16.3 Å². The van der Waals surface area contributed by atoms with E-state index in [-0.39, 0.29) is 7.47 Å². The van der Waals surface area contributed by atoms with Gasteiger partial charge in [0.25, 0.3) is 0 Å². The lowest BCUT2D eigenvalue weighted by molar-refractivity contribution is -0.142. The first-order valence-electron chi connectivity index (χ1n) is 10.5. The number of aliphatic carboxylic acids is 1. The van der Waals surface area contributed by atoms with Crippen LogP contribution in [0.2, 0.25) is 5.02 Å². The van der Waals surface area contributed by atoms with Gasteiger partial charge < -0.3 is 9.84 Å². The minimum absolute atomic E-state index is 0. The normalized spacial score (nSPS) is 19.0. The Morgan fingerprint density at radius 1 is 1.22 bits per heavy atom. The Morgan fingerprint density at radius 2 is 1.88 bits per heavy atom. The van der Waals surface area contributed by atoms with Crippen LogP contribution in [0.25, 0.3) is 0 Å². The van der Waals surface area contributed by atoms with Crippen molar-refractivity contribution in [2.24, 2.45) is 0 Å². The number of benzene rings is 2. The van der Waals surface area contributed by atoms with Gasteiger partial charge in [-0.2, -0.15) is 0 Å². The molecule has 1 fully saturated rings. The van der Waals surface area contributed by atoms with Gasteiger partial charge in [0.05, 0.1) is 6.04 Å². The molecule has 0 aromatic heterocycles. The molecular weight excluding hydrogens is 448 g/mol. The van der Waals surface area contributed by atoms with Crippen molar-refractivity contribution >= 4 is 36.3 Å². The molecule has 1 amide bonds. The van der Waals surface area contributed by atoms with Gasteiger partial charge >= 0.3 is 13.5 Å². The molecular formula is C24H30ClN2O4S+. The third-order valence-electron chi connectivity index (χ3n) is 5.36. The number of hydrogen-bond donors (Lipinski definition) is 2. The van der Waals surface area contributed by atoms with Crippen LogP contribution in [0.5, 0.6) is 0 Å². The molecule has 0 unspecified atom stereocenters. The second kappa shape index (κ2) is 10.1. The van der Waals surface area contributed by atoms with Crippen molar-refractivity contribution in [1.29, 1.82) is 0 Å². The summed E-state index contributed by atoms with van der Waals surface area (Å²) in [5, 5.41) is 10.5. The average molecular weight is 478 g/mol. The number of halogens is 1. The molecule has 32 heavy (non-hydrogen) atoms. The molecule has 0 aliphatic carbocycles. The number of carbonyl (C=O) groups excluding carboxylic acids is 1. The fourth-order valence-electron chi connectivity index (χ4n) is 3.84. The van der Waals surface area contributed by atoms with Crippen LogP contribution in [-0.4, -0.2) is 51.2 Å². The maximum Gasteiger partial charge on any atom is 1.00 e. The van der Waals surface area contributed by atoms with Crippen molar-refractivity contribution in [3.05, 3.63) is 64.7 Å². The Balaban J connectivity index is 0.00000385. The summed E-state index contributed by atoms with van der Waals surface area (Å²) in [6, 6.07) is 13.9. The summed E-state index contributed by atoms with van der Waals surface area (Å²) in [6.07, 6.45) is -0.148. The number of rotatable bonds is 6. The summed E-state index contributed by atoms with van der Waals surface area (Å²) in [5.41, 5.74) is 1.12. The minimum Gasteiger partial charge on any atom is -0.480 e. The van der Waals surface area contributed by atoms with Crippen molar-refractivity contribution < 1.29 is 20.9 Å². The summed E-state index contributed by atoms with van der Waals surface area (Å²) >= 11 is 10.6. The first kappa shape index (κ1) is 24.4. The van der Waals surface area contributed by atoms with Gasteiger partial charge in [-0.25, -0.2) is 4.79 Å². The van der Waals surface area contributed by atoms with Crippen LogP contribution < -0.4 is 0 Å². The third-order valence-corrected chi connectivity index (χ3v) is 6.02. The van der Waals surface area contributed by atoms with Gasteiger partial charge in [0.1, 0.15) is 11.6 Å². The molecule has 2 atom stereocenters. The number of carboxylic acids is 1. The summed E-state index contributed by atoms with van der Waals surface area (Å²) in [5.74, 6) is -0.914. The number of hydrogen-bond acceptors (Lipinski definition) is 5. The Morgan fingerprint density at radius 3 is 2.47 bits per heavy atom. The topological polar surface area (TPSA) is 70.1 Å². The van der Waals surface area contributed by atoms with Gasteiger partial charge in [-0.1, -0.05) is 41.9 Å². The zero-order valence-electron chi connectivity index (χ0n) is 19.5. The minimum atomic E-state index is -0.914. The fourth-order valence-corrected chi connectivity index (χ4v) is 4.19. The number of thiol groups is 1. The number of ether oxygens (including phenoxy) is 1. The van der Waals surface area contributed by atoms with Crippen LogP contribution in [0.15, 0.2) is 53.4 Å². The zero-order chi connectivity index (χ0) is 23.5. The second-order valence-corrected chi connectivity index (χ2v) is 9.96. The van der Waals surface area contributed by atoms with Gasteiger partial charge in [0, 0.05) is 29.6 Å². The van der Waals surface area contributed by atoms with E-state index in [1.807, 2.05) is 68.1 Å². The molecule has 3 rings (SSSR count). The molecule has 6 nitrogen and oxygen atoms in total. The Kier molecular flexibility index (Phi) is 7.75. The average Bonchev–Trinajstić information content (AvgIpc) is 3.11. The quantitative estimate of drug-likeness (QED) is 0.559. The first-order chi connectivity index (χ1) is 15.0. The predicted octanol–water partition coefficient (Wildman–Crippen LogP) is 5.21. The van der Waals surface area contributed by atoms with Crippen molar-refractivity contribution in [2.45, 2.75) is 62.9 Å². The number of likely N-dealkylation sites (tertiary alicyclic amines) is 1. The first-order valence-corrected chi connectivity index (χ1v) is 11.3. The predicted molar refractivity (Wildman–Crippen MR) is 128 cm³/mol. The summed E-state index contributed by atoms with van der Waals surface area (Å²) < 4.78 is 5.66. The van der Waals surface area contributed by atoms with Crippen molar-refractivity contribution in [3.63, 3.8) is 0 Å². The summed E-state index contributed by atoms with van der Waals surface area (Å²) in [6.45, 7) is 6.57. The highest BCUT2D eigenvalue weighted by atomic mass is 35.5. The van der Waals surface area contributed by atoms with Gasteiger partial charge in [-0.05, 0) is 56.5 Å². The molecule has 1 aliphatic rings. The molecule has 1 aliphatic heterocycles. The highest BCUT2D eigenvalue weighted by molar-refractivity contribution is 7.80. The molecule has 0 bridgehead atoms. The number of carboxylic acid groups (broad SMARTS) is 1. The molecule has 2 aromatic carbocycles. The van der Waals surface area contributed by atoms with Crippen molar-refractivity contribution in [2.75, 3.05) is 6.54 Å². The maximum atomic E-state index is 13.1. The van der Waals surface area contributed by atoms with E-state index in [0.717, 1.165) is 16.0 Å². The molecule has 2 aromatic rings. The van der Waals surface area contributed by atoms with Crippen LogP contribution in [0, 0.1) is 0 Å². The lowest BCUT2D eigenvalue weighted by atomic mass is 10.1. The Labute approximate surface area is 201 Å². The largest absolute Gasteiger partial charge is 1.00 e. The van der Waals surface area contributed by atoms with Crippen molar-refractivity contribution in [3.8, 4) is 0 Å². The maximum absolute atomic E-state index is 13.1. The van der Waals surface area contributed by atoms with E-state index in [0.29, 0.717) is 31.1 Å². The number of amides is 1. The molecule has 0 saturated carbocycles. The number of carbonyl (C=O) groups is 2. The molecule has 1 saturated heterocycles. The molecule has 8 heteroatoms. The van der Waals surface area contributed by atoms with Gasteiger partial charge in [0.2, 0.25) is 0 Å². The van der Waals surface area contributed by atoms with Gasteiger partial charge in [0.15, 0.2) is 0 Å². The molecule has 1 N–H and O–H groups in total. The second-order valence-electron chi connectivity index (χ2n) is 9.04. The lowest BCUT2D eigenvalue weighted by Gasteiger charge is -2.32. The highest BCUT2D eigenvalue weighted by Gasteiger charge is 2.42. The van der Waals surface area contributed by atoms with E-state index in [1.54, 1.807) is 11.0 Å². The molecule has 0 radical (unpaired) electrons. The van der Waals surface area contributed by atoms with E-state index < -0.39 is 23.7 Å². The van der Waals surface area contributed by atoms with Crippen molar-refractivity contribution in [1.82, 2.24) is 9.80 Å². The fraction of sp³-hybridized carbons (Fsp3) is 0.417. The molecule has 0 spiro atoms. The van der Waals surface area contributed by atoms with Gasteiger partial charge in [-0.15, -0.1) is 12.6 Å². The highest BCUT2D eigenvalue weighted by Crippen LogP contribution is 2.29. The SMILES string of the molecule is CC(C)(C)OC(=O)N(Cc1ccc(S)cc1)[C@H]1C[C@@H](C(=O)O)N(Cc2ccccc2Cl)C1.[H+].